The van der Waals surface area contributed by atoms with Gasteiger partial charge in [0, 0.05) is 0 Å². The summed E-state index contributed by atoms with van der Waals surface area (Å²) in [5, 5.41) is 0. The Kier molecular flexibility index (Phi) is 4.64. The second-order valence-corrected chi connectivity index (χ2v) is 12.1. The maximum absolute atomic E-state index is 13.6. The Labute approximate surface area is 114 Å². The first-order chi connectivity index (χ1) is 7.76. The fraction of sp³-hybridized carbons (Fsp3) is 0.692. The summed E-state index contributed by atoms with van der Waals surface area (Å²) in [5.41, 5.74) is 1.72. The molecule has 1 heterocycles. The molecule has 4 heteroatoms. The first-order valence-corrected chi connectivity index (χ1v) is 9.26. The van der Waals surface area contributed by atoms with E-state index >= 15 is 0 Å². The fourth-order valence-electron chi connectivity index (χ4n) is 3.52. The van der Waals surface area contributed by atoms with Crippen molar-refractivity contribution in [1.82, 2.24) is 4.23 Å². The molecule has 0 aliphatic carbocycles. The molecule has 0 spiro atoms. The number of hydrogen-bond acceptors (Lipinski definition) is 0. The molecule has 1 nitrogen and oxygen atoms in total. The summed E-state index contributed by atoms with van der Waals surface area (Å²) < 4.78 is 16.5. The molecule has 17 heavy (non-hydrogen) atoms. The zero-order valence-corrected chi connectivity index (χ0v) is 14.2. The van der Waals surface area contributed by atoms with Gasteiger partial charge in [0.15, 0.2) is 14.1 Å². The SMILES string of the molecule is CC(C)[Si](C(C)C)(C(C)C)n1ccc(F)c1Br. The lowest BCUT2D eigenvalue weighted by Crippen LogP contribution is -2.51. The smallest absolute Gasteiger partial charge is 0.170 e. The fourth-order valence-corrected chi connectivity index (χ4v) is 11.1. The zero-order chi connectivity index (χ0) is 13.4. The van der Waals surface area contributed by atoms with E-state index in [-0.39, 0.29) is 5.82 Å². The number of rotatable bonds is 4. The van der Waals surface area contributed by atoms with E-state index in [1.54, 1.807) is 6.07 Å². The van der Waals surface area contributed by atoms with Gasteiger partial charge in [-0.15, -0.1) is 0 Å². The van der Waals surface area contributed by atoms with Gasteiger partial charge in [0.2, 0.25) is 0 Å². The lowest BCUT2D eigenvalue weighted by Gasteiger charge is -2.44. The van der Waals surface area contributed by atoms with Crippen molar-refractivity contribution >= 4 is 24.2 Å². The predicted octanol–water partition coefficient (Wildman–Crippen LogP) is 5.41. The average Bonchev–Trinajstić information content (AvgIpc) is 2.49. The predicted molar refractivity (Wildman–Crippen MR) is 78.5 cm³/mol. The molecule has 0 atom stereocenters. The minimum atomic E-state index is -1.80. The van der Waals surface area contributed by atoms with E-state index in [1.165, 1.54) is 0 Å². The molecule has 1 rings (SSSR count). The van der Waals surface area contributed by atoms with Gasteiger partial charge in [-0.2, -0.15) is 0 Å². The molecule has 0 aromatic carbocycles. The van der Waals surface area contributed by atoms with Crippen molar-refractivity contribution in [3.63, 3.8) is 0 Å². The minimum Gasteiger partial charge on any atom is -0.366 e. The first kappa shape index (κ1) is 15.0. The molecule has 0 unspecified atom stereocenters. The zero-order valence-electron chi connectivity index (χ0n) is 11.6. The van der Waals surface area contributed by atoms with Gasteiger partial charge >= 0.3 is 0 Å². The van der Waals surface area contributed by atoms with Crippen molar-refractivity contribution in [1.29, 1.82) is 0 Å². The van der Waals surface area contributed by atoms with Crippen molar-refractivity contribution in [2.75, 3.05) is 0 Å². The van der Waals surface area contributed by atoms with E-state index in [0.29, 0.717) is 21.2 Å². The van der Waals surface area contributed by atoms with Crippen LogP contribution in [0, 0.1) is 5.82 Å². The quantitative estimate of drug-likeness (QED) is 0.653. The lowest BCUT2D eigenvalue weighted by molar-refractivity contribution is 0.617. The molecule has 98 valence electrons. The molecule has 0 aliphatic heterocycles. The standard InChI is InChI=1S/C13H23BrFNSi/c1-9(2)17(10(3)4,11(5)6)16-8-7-12(15)13(16)14/h7-11H,1-6H3. The summed E-state index contributed by atoms with van der Waals surface area (Å²) in [6.45, 7) is 13.6. The molecular formula is C13H23BrFNSi. The van der Waals surface area contributed by atoms with Crippen LogP contribution in [0.2, 0.25) is 16.6 Å². The Balaban J connectivity index is 3.47. The van der Waals surface area contributed by atoms with Gasteiger partial charge < -0.3 is 4.23 Å². The van der Waals surface area contributed by atoms with Crippen LogP contribution in [-0.2, 0) is 0 Å². The highest BCUT2D eigenvalue weighted by Crippen LogP contribution is 2.44. The molecule has 0 bridgehead atoms. The molecule has 1 aromatic rings. The third kappa shape index (κ3) is 2.26. The molecule has 0 fully saturated rings. The van der Waals surface area contributed by atoms with Gasteiger partial charge in [0.1, 0.15) is 4.60 Å². The van der Waals surface area contributed by atoms with Crippen LogP contribution in [0.5, 0.6) is 0 Å². The molecule has 0 saturated heterocycles. The maximum atomic E-state index is 13.6. The number of halogens is 2. The monoisotopic (exact) mass is 319 g/mol. The van der Waals surface area contributed by atoms with Crippen LogP contribution in [0.1, 0.15) is 41.5 Å². The lowest BCUT2D eigenvalue weighted by atomic mass is 10.5. The molecule has 0 amide bonds. The van der Waals surface area contributed by atoms with Gasteiger partial charge in [-0.1, -0.05) is 41.5 Å². The topological polar surface area (TPSA) is 4.93 Å². The molecule has 0 N–H and O–H groups in total. The summed E-state index contributed by atoms with van der Waals surface area (Å²) in [5.74, 6) is -0.149. The number of aromatic nitrogens is 1. The summed E-state index contributed by atoms with van der Waals surface area (Å²) >= 11 is 3.41. The van der Waals surface area contributed by atoms with E-state index in [4.69, 9.17) is 0 Å². The molecule has 0 aliphatic rings. The number of hydrogen-bond donors (Lipinski definition) is 0. The normalized spacial score (nSPS) is 13.1. The highest BCUT2D eigenvalue weighted by Gasteiger charge is 2.46. The van der Waals surface area contributed by atoms with Crippen molar-refractivity contribution in [2.24, 2.45) is 0 Å². The van der Waals surface area contributed by atoms with Gasteiger partial charge in [-0.25, -0.2) is 4.39 Å². The second-order valence-electron chi connectivity index (χ2n) is 5.68. The van der Waals surface area contributed by atoms with Crippen LogP contribution < -0.4 is 0 Å². The molecule has 1 aromatic heterocycles. The van der Waals surface area contributed by atoms with E-state index in [0.717, 1.165) is 0 Å². The van der Waals surface area contributed by atoms with E-state index < -0.39 is 8.24 Å². The average molecular weight is 320 g/mol. The van der Waals surface area contributed by atoms with E-state index in [1.807, 2.05) is 6.20 Å². The van der Waals surface area contributed by atoms with Crippen molar-refractivity contribution in [3.8, 4) is 0 Å². The van der Waals surface area contributed by atoms with E-state index in [2.05, 4.69) is 61.7 Å². The number of nitrogens with zero attached hydrogens (tertiary/aromatic N) is 1. The summed E-state index contributed by atoms with van der Waals surface area (Å²) in [6, 6.07) is 1.57. The summed E-state index contributed by atoms with van der Waals surface area (Å²) in [7, 11) is -1.80. The second kappa shape index (κ2) is 5.27. The first-order valence-electron chi connectivity index (χ1n) is 6.29. The van der Waals surface area contributed by atoms with Gasteiger partial charge in [-0.3, -0.25) is 0 Å². The van der Waals surface area contributed by atoms with Crippen molar-refractivity contribution < 1.29 is 4.39 Å². The Morgan fingerprint density at radius 3 is 1.71 bits per heavy atom. The Morgan fingerprint density at radius 2 is 1.47 bits per heavy atom. The summed E-state index contributed by atoms with van der Waals surface area (Å²) in [4.78, 5) is 0. The Hall–Kier alpha value is -0.0931. The third-order valence-corrected chi connectivity index (χ3v) is 11.8. The van der Waals surface area contributed by atoms with Crippen LogP contribution in [0.4, 0.5) is 4.39 Å². The molecule has 0 saturated carbocycles. The third-order valence-electron chi connectivity index (χ3n) is 3.97. The van der Waals surface area contributed by atoms with Gasteiger partial charge in [0.05, 0.1) is 0 Å². The van der Waals surface area contributed by atoms with Crippen LogP contribution >= 0.6 is 15.9 Å². The highest BCUT2D eigenvalue weighted by atomic mass is 79.9. The Morgan fingerprint density at radius 1 is 1.06 bits per heavy atom. The van der Waals surface area contributed by atoms with Crippen LogP contribution in [-0.4, -0.2) is 12.5 Å². The van der Waals surface area contributed by atoms with Crippen molar-refractivity contribution in [2.45, 2.75) is 58.2 Å². The highest BCUT2D eigenvalue weighted by molar-refractivity contribution is 9.10. The minimum absolute atomic E-state index is 0.149. The summed E-state index contributed by atoms with van der Waals surface area (Å²) in [6.07, 6.45) is 1.92. The van der Waals surface area contributed by atoms with Crippen molar-refractivity contribution in [3.05, 3.63) is 22.7 Å². The largest absolute Gasteiger partial charge is 0.366 e. The molecular weight excluding hydrogens is 297 g/mol. The molecule has 0 radical (unpaired) electrons. The van der Waals surface area contributed by atoms with Gasteiger partial charge in [0.25, 0.3) is 0 Å². The maximum Gasteiger partial charge on any atom is 0.170 e. The van der Waals surface area contributed by atoms with E-state index in [9.17, 15) is 4.39 Å². The van der Waals surface area contributed by atoms with Crippen LogP contribution in [0.15, 0.2) is 16.9 Å². The van der Waals surface area contributed by atoms with Gasteiger partial charge in [-0.05, 0) is 44.8 Å². The van der Waals surface area contributed by atoms with Crippen LogP contribution in [0.25, 0.3) is 0 Å². The Bertz CT molecular complexity index is 363. The van der Waals surface area contributed by atoms with Crippen LogP contribution in [0.3, 0.4) is 0 Å².